The third kappa shape index (κ3) is 5.73. The van der Waals surface area contributed by atoms with Gasteiger partial charge in [-0.2, -0.15) is 0 Å². The molecule has 0 spiro atoms. The summed E-state index contributed by atoms with van der Waals surface area (Å²) < 4.78 is 4.82. The Morgan fingerprint density at radius 3 is 3.00 bits per heavy atom. The maximum absolute atomic E-state index is 11.2. The highest BCUT2D eigenvalue weighted by Crippen LogP contribution is 2.04. The number of hydrogen-bond donors (Lipinski definition) is 2. The molecule has 0 aliphatic heterocycles. The van der Waals surface area contributed by atoms with E-state index in [9.17, 15) is 4.79 Å². The molecule has 1 aromatic rings. The van der Waals surface area contributed by atoms with E-state index in [1.54, 1.807) is 13.3 Å². The van der Waals surface area contributed by atoms with Gasteiger partial charge in [0, 0.05) is 19.9 Å². The molecule has 17 heavy (non-hydrogen) atoms. The molecule has 0 aliphatic rings. The summed E-state index contributed by atoms with van der Waals surface area (Å²) in [6.07, 6.45) is 3.47. The molecule has 2 amide bonds. The van der Waals surface area contributed by atoms with E-state index in [0.29, 0.717) is 13.2 Å². The minimum atomic E-state index is -0.231. The number of urea groups is 1. The molecule has 1 aromatic carbocycles. The predicted molar refractivity (Wildman–Crippen MR) is 68.6 cm³/mol. The number of amides is 2. The highest BCUT2D eigenvalue weighted by Gasteiger charge is 1.94. The van der Waals surface area contributed by atoms with E-state index in [2.05, 4.69) is 10.6 Å². The lowest BCUT2D eigenvalue weighted by Gasteiger charge is -2.03. The van der Waals surface area contributed by atoms with Crippen molar-refractivity contribution >= 4 is 12.1 Å². The van der Waals surface area contributed by atoms with Crippen molar-refractivity contribution in [3.8, 4) is 0 Å². The van der Waals surface area contributed by atoms with Crippen LogP contribution in [0.1, 0.15) is 11.1 Å². The first-order chi connectivity index (χ1) is 8.22. The van der Waals surface area contributed by atoms with Crippen LogP contribution in [0, 0.1) is 6.92 Å². The van der Waals surface area contributed by atoms with Crippen LogP contribution in [-0.4, -0.2) is 26.3 Å². The summed E-state index contributed by atoms with van der Waals surface area (Å²) in [5.41, 5.74) is 2.25. The van der Waals surface area contributed by atoms with Crippen molar-refractivity contribution < 1.29 is 9.53 Å². The van der Waals surface area contributed by atoms with Crippen LogP contribution in [-0.2, 0) is 4.74 Å². The average molecular weight is 234 g/mol. The van der Waals surface area contributed by atoms with Gasteiger partial charge in [0.1, 0.15) is 0 Å². The molecule has 4 heteroatoms. The third-order valence-electron chi connectivity index (χ3n) is 2.12. The summed E-state index contributed by atoms with van der Waals surface area (Å²) in [6, 6.07) is 7.80. The highest BCUT2D eigenvalue weighted by molar-refractivity contribution is 5.75. The zero-order valence-corrected chi connectivity index (χ0v) is 10.2. The Bertz CT molecular complexity index is 389. The Kier molecular flexibility index (Phi) is 5.82. The van der Waals surface area contributed by atoms with Crippen molar-refractivity contribution in [2.75, 3.05) is 20.3 Å². The zero-order chi connectivity index (χ0) is 12.5. The summed E-state index contributed by atoms with van der Waals surface area (Å²) >= 11 is 0. The molecule has 0 heterocycles. The topological polar surface area (TPSA) is 50.4 Å². The van der Waals surface area contributed by atoms with Crippen LogP contribution < -0.4 is 10.6 Å². The van der Waals surface area contributed by atoms with Crippen molar-refractivity contribution in [3.63, 3.8) is 0 Å². The van der Waals surface area contributed by atoms with Gasteiger partial charge in [0.05, 0.1) is 6.61 Å². The van der Waals surface area contributed by atoms with Gasteiger partial charge in [-0.05, 0) is 18.6 Å². The molecule has 92 valence electrons. The monoisotopic (exact) mass is 234 g/mol. The number of methoxy groups -OCH3 is 1. The lowest BCUT2D eigenvalue weighted by atomic mass is 10.1. The molecular formula is C13H18N2O2. The lowest BCUT2D eigenvalue weighted by Crippen LogP contribution is -2.34. The first kappa shape index (κ1) is 13.3. The van der Waals surface area contributed by atoms with Gasteiger partial charge in [-0.25, -0.2) is 4.79 Å². The summed E-state index contributed by atoms with van der Waals surface area (Å²) in [6.45, 7) is 3.04. The zero-order valence-electron chi connectivity index (χ0n) is 10.2. The van der Waals surface area contributed by atoms with Crippen molar-refractivity contribution in [2.45, 2.75) is 6.92 Å². The van der Waals surface area contributed by atoms with Crippen LogP contribution in [0.15, 0.2) is 30.5 Å². The van der Waals surface area contributed by atoms with E-state index in [-0.39, 0.29) is 6.03 Å². The number of carbonyl (C=O) groups is 1. The molecule has 0 radical (unpaired) electrons. The van der Waals surface area contributed by atoms with Gasteiger partial charge >= 0.3 is 6.03 Å². The van der Waals surface area contributed by atoms with E-state index in [0.717, 1.165) is 5.56 Å². The summed E-state index contributed by atoms with van der Waals surface area (Å²) in [5, 5.41) is 5.28. The molecule has 4 nitrogen and oxygen atoms in total. The van der Waals surface area contributed by atoms with Crippen molar-refractivity contribution in [2.24, 2.45) is 0 Å². The standard InChI is InChI=1S/C13H18N2O2/c1-11-4-3-5-12(10-11)6-7-14-13(16)15-8-9-17-2/h3-7,10H,8-9H2,1-2H3,(H2,14,15,16)/b7-6+. The van der Waals surface area contributed by atoms with Crippen LogP contribution in [0.25, 0.3) is 6.08 Å². The lowest BCUT2D eigenvalue weighted by molar-refractivity contribution is 0.196. The second kappa shape index (κ2) is 7.46. The number of ether oxygens (including phenoxy) is 1. The van der Waals surface area contributed by atoms with E-state index < -0.39 is 0 Å². The fourth-order valence-electron chi connectivity index (χ4n) is 1.31. The van der Waals surface area contributed by atoms with Crippen LogP contribution in [0.3, 0.4) is 0 Å². The number of carbonyl (C=O) groups excluding carboxylic acids is 1. The quantitative estimate of drug-likeness (QED) is 0.765. The van der Waals surface area contributed by atoms with Crippen molar-refractivity contribution in [3.05, 3.63) is 41.6 Å². The number of hydrogen-bond acceptors (Lipinski definition) is 2. The van der Waals surface area contributed by atoms with Crippen molar-refractivity contribution in [1.29, 1.82) is 0 Å². The molecule has 1 rings (SSSR count). The first-order valence-corrected chi connectivity index (χ1v) is 5.49. The fraction of sp³-hybridized carbons (Fsp3) is 0.308. The maximum Gasteiger partial charge on any atom is 0.318 e. The Hall–Kier alpha value is -1.81. The number of aryl methyl sites for hydroxylation is 1. The Morgan fingerprint density at radius 1 is 1.47 bits per heavy atom. The maximum atomic E-state index is 11.2. The van der Waals surface area contributed by atoms with E-state index >= 15 is 0 Å². The molecule has 0 aromatic heterocycles. The smallest absolute Gasteiger partial charge is 0.318 e. The Balaban J connectivity index is 2.32. The molecule has 0 atom stereocenters. The average Bonchev–Trinajstić information content (AvgIpc) is 2.29. The van der Waals surface area contributed by atoms with Gasteiger partial charge in [0.15, 0.2) is 0 Å². The number of nitrogens with one attached hydrogen (secondary N) is 2. The fourth-order valence-corrected chi connectivity index (χ4v) is 1.31. The molecule has 0 bridgehead atoms. The molecule has 0 saturated carbocycles. The van der Waals surface area contributed by atoms with Crippen LogP contribution in [0.2, 0.25) is 0 Å². The molecule has 0 unspecified atom stereocenters. The van der Waals surface area contributed by atoms with E-state index in [4.69, 9.17) is 4.74 Å². The first-order valence-electron chi connectivity index (χ1n) is 5.49. The number of benzene rings is 1. The third-order valence-corrected chi connectivity index (χ3v) is 2.12. The SMILES string of the molecule is COCCNC(=O)N/C=C/c1cccc(C)c1. The van der Waals surface area contributed by atoms with Gasteiger partial charge in [-0.1, -0.05) is 29.8 Å². The minimum absolute atomic E-state index is 0.231. The summed E-state index contributed by atoms with van der Waals surface area (Å²) in [5.74, 6) is 0. The highest BCUT2D eigenvalue weighted by atomic mass is 16.5. The minimum Gasteiger partial charge on any atom is -0.383 e. The van der Waals surface area contributed by atoms with Crippen LogP contribution in [0.4, 0.5) is 4.79 Å². The van der Waals surface area contributed by atoms with Gasteiger partial charge in [-0.3, -0.25) is 0 Å². The Morgan fingerprint density at radius 2 is 2.29 bits per heavy atom. The van der Waals surface area contributed by atoms with E-state index in [1.807, 2.05) is 37.3 Å². The van der Waals surface area contributed by atoms with Gasteiger partial charge in [0.2, 0.25) is 0 Å². The molecule has 0 saturated heterocycles. The van der Waals surface area contributed by atoms with Crippen LogP contribution >= 0.6 is 0 Å². The van der Waals surface area contributed by atoms with E-state index in [1.165, 1.54) is 5.56 Å². The summed E-state index contributed by atoms with van der Waals surface area (Å²) in [7, 11) is 1.59. The van der Waals surface area contributed by atoms with Gasteiger partial charge in [-0.15, -0.1) is 0 Å². The van der Waals surface area contributed by atoms with Gasteiger partial charge in [0.25, 0.3) is 0 Å². The molecule has 0 aliphatic carbocycles. The summed E-state index contributed by atoms with van der Waals surface area (Å²) in [4.78, 5) is 11.2. The van der Waals surface area contributed by atoms with Crippen molar-refractivity contribution in [1.82, 2.24) is 10.6 Å². The van der Waals surface area contributed by atoms with Crippen LogP contribution in [0.5, 0.6) is 0 Å². The molecule has 0 fully saturated rings. The second-order valence-corrected chi connectivity index (χ2v) is 3.64. The van der Waals surface area contributed by atoms with Gasteiger partial charge < -0.3 is 15.4 Å². The molecule has 2 N–H and O–H groups in total. The Labute approximate surface area is 102 Å². The number of rotatable bonds is 5. The largest absolute Gasteiger partial charge is 0.383 e. The molecular weight excluding hydrogens is 216 g/mol. The second-order valence-electron chi connectivity index (χ2n) is 3.64. The predicted octanol–water partition coefficient (Wildman–Crippen LogP) is 1.91. The normalized spacial score (nSPS) is 10.5.